The molecular formula is C26H37N5O5. The fourth-order valence-corrected chi connectivity index (χ4v) is 5.61. The van der Waals surface area contributed by atoms with Crippen molar-refractivity contribution < 1.29 is 23.9 Å². The van der Waals surface area contributed by atoms with E-state index in [1.807, 2.05) is 31.2 Å². The first-order valence-corrected chi connectivity index (χ1v) is 12.8. The van der Waals surface area contributed by atoms with Gasteiger partial charge in [-0.1, -0.05) is 18.6 Å². The van der Waals surface area contributed by atoms with Crippen LogP contribution in [0.4, 0.5) is 4.79 Å². The number of primary amides is 1. The maximum atomic E-state index is 12.9. The lowest BCUT2D eigenvalue weighted by Crippen LogP contribution is -2.63. The minimum Gasteiger partial charge on any atom is -0.494 e. The highest BCUT2D eigenvalue weighted by Crippen LogP contribution is 2.33. The molecule has 196 valence electrons. The maximum absolute atomic E-state index is 12.9. The Morgan fingerprint density at radius 1 is 1.08 bits per heavy atom. The number of amides is 3. The summed E-state index contributed by atoms with van der Waals surface area (Å²) >= 11 is 0. The molecule has 0 aromatic heterocycles. The molecule has 3 aliphatic rings. The normalized spacial score (nSPS) is 22.9. The molecule has 1 unspecified atom stereocenters. The Kier molecular flexibility index (Phi) is 8.15. The van der Waals surface area contributed by atoms with Gasteiger partial charge in [0.25, 0.3) is 0 Å². The SMILES string of the molecule is CCOc1ccc(C2NC(=O)NC(CN3CCC(C(N)=O)(N4CCCCC4)CC3)=C2C(=O)OC)cc1. The summed E-state index contributed by atoms with van der Waals surface area (Å²) in [4.78, 5) is 42.5. The minimum absolute atomic E-state index is 0.260. The van der Waals surface area contributed by atoms with Crippen LogP contribution in [0.5, 0.6) is 5.75 Å². The van der Waals surface area contributed by atoms with E-state index in [4.69, 9.17) is 15.2 Å². The molecule has 0 bridgehead atoms. The molecule has 10 heteroatoms. The molecule has 2 saturated heterocycles. The summed E-state index contributed by atoms with van der Waals surface area (Å²) in [7, 11) is 1.33. The number of benzene rings is 1. The van der Waals surface area contributed by atoms with Crippen molar-refractivity contribution in [2.24, 2.45) is 5.73 Å². The molecule has 0 radical (unpaired) electrons. The highest BCUT2D eigenvalue weighted by molar-refractivity contribution is 5.95. The van der Waals surface area contributed by atoms with Crippen LogP contribution in [0.1, 0.15) is 50.6 Å². The van der Waals surface area contributed by atoms with Crippen molar-refractivity contribution in [1.29, 1.82) is 0 Å². The van der Waals surface area contributed by atoms with Gasteiger partial charge in [-0.05, 0) is 63.4 Å². The molecule has 2 fully saturated rings. The van der Waals surface area contributed by atoms with Crippen molar-refractivity contribution in [3.05, 3.63) is 41.1 Å². The third-order valence-corrected chi connectivity index (χ3v) is 7.57. The highest BCUT2D eigenvalue weighted by Gasteiger charge is 2.45. The van der Waals surface area contributed by atoms with Crippen molar-refractivity contribution >= 4 is 17.9 Å². The number of urea groups is 1. The molecule has 0 aliphatic carbocycles. The molecule has 4 N–H and O–H groups in total. The number of carbonyl (C=O) groups is 3. The van der Waals surface area contributed by atoms with Gasteiger partial charge in [-0.15, -0.1) is 0 Å². The number of ether oxygens (including phenoxy) is 2. The van der Waals surface area contributed by atoms with Crippen LogP contribution in [0.2, 0.25) is 0 Å². The zero-order valence-electron chi connectivity index (χ0n) is 21.2. The van der Waals surface area contributed by atoms with Crippen LogP contribution >= 0.6 is 0 Å². The quantitative estimate of drug-likeness (QED) is 0.465. The topological polar surface area (TPSA) is 126 Å². The molecular weight excluding hydrogens is 462 g/mol. The smallest absolute Gasteiger partial charge is 0.338 e. The van der Waals surface area contributed by atoms with Crippen LogP contribution in [-0.2, 0) is 14.3 Å². The third-order valence-electron chi connectivity index (χ3n) is 7.57. The van der Waals surface area contributed by atoms with Gasteiger partial charge in [0.1, 0.15) is 11.3 Å². The number of methoxy groups -OCH3 is 1. The van der Waals surface area contributed by atoms with E-state index in [0.717, 1.165) is 31.5 Å². The van der Waals surface area contributed by atoms with Crippen molar-refractivity contribution in [1.82, 2.24) is 20.4 Å². The first kappa shape index (κ1) is 26.0. The third kappa shape index (κ3) is 5.34. The lowest BCUT2D eigenvalue weighted by atomic mass is 9.83. The zero-order valence-corrected chi connectivity index (χ0v) is 21.2. The number of likely N-dealkylation sites (tertiary alicyclic amines) is 2. The standard InChI is InChI=1S/C26H37N5O5/c1-3-36-19-9-7-18(8-10-19)22-21(23(32)35-2)20(28-25(34)29-22)17-30-15-11-26(12-16-30,24(27)33)31-13-5-4-6-14-31/h7-10,22H,3-6,11-17H2,1-2H3,(H2,27,33)(H2,28,29,34). The van der Waals surface area contributed by atoms with Crippen molar-refractivity contribution in [2.45, 2.75) is 50.6 Å². The summed E-state index contributed by atoms with van der Waals surface area (Å²) < 4.78 is 10.6. The van der Waals surface area contributed by atoms with Crippen LogP contribution in [0.3, 0.4) is 0 Å². The minimum atomic E-state index is -0.653. The molecule has 3 amide bonds. The predicted octanol–water partition coefficient (Wildman–Crippen LogP) is 1.67. The maximum Gasteiger partial charge on any atom is 0.338 e. The van der Waals surface area contributed by atoms with Crippen LogP contribution in [0.15, 0.2) is 35.5 Å². The van der Waals surface area contributed by atoms with Crippen molar-refractivity contribution in [3.8, 4) is 5.75 Å². The second kappa shape index (κ2) is 11.3. The lowest BCUT2D eigenvalue weighted by molar-refractivity contribution is -0.136. The highest BCUT2D eigenvalue weighted by atomic mass is 16.5. The van der Waals surface area contributed by atoms with E-state index in [2.05, 4.69) is 20.4 Å². The van der Waals surface area contributed by atoms with Crippen molar-refractivity contribution in [3.63, 3.8) is 0 Å². The summed E-state index contributed by atoms with van der Waals surface area (Å²) in [6.07, 6.45) is 4.60. The summed E-state index contributed by atoms with van der Waals surface area (Å²) in [5.74, 6) is -0.0530. The zero-order chi connectivity index (χ0) is 25.7. The number of piperidine rings is 2. The molecule has 1 aromatic rings. The van der Waals surface area contributed by atoms with Gasteiger partial charge in [-0.2, -0.15) is 0 Å². The number of hydrogen-bond acceptors (Lipinski definition) is 7. The Hall–Kier alpha value is -3.11. The van der Waals surface area contributed by atoms with Crippen LogP contribution in [-0.4, -0.2) is 79.7 Å². The van der Waals surface area contributed by atoms with Crippen LogP contribution in [0.25, 0.3) is 0 Å². The van der Waals surface area contributed by atoms with Gasteiger partial charge < -0.3 is 25.8 Å². The predicted molar refractivity (Wildman–Crippen MR) is 134 cm³/mol. The summed E-state index contributed by atoms with van der Waals surface area (Å²) in [6.45, 7) is 5.87. The number of esters is 1. The fraction of sp³-hybridized carbons (Fsp3) is 0.577. The first-order chi connectivity index (χ1) is 17.4. The number of nitrogens with zero attached hydrogens (tertiary/aromatic N) is 2. The van der Waals surface area contributed by atoms with Gasteiger partial charge in [-0.3, -0.25) is 14.6 Å². The molecule has 0 spiro atoms. The van der Waals surface area contributed by atoms with Gasteiger partial charge in [0, 0.05) is 25.3 Å². The van der Waals surface area contributed by atoms with Crippen molar-refractivity contribution in [2.75, 3.05) is 46.4 Å². The summed E-state index contributed by atoms with van der Waals surface area (Å²) in [5.41, 5.74) is 6.93. The molecule has 10 nitrogen and oxygen atoms in total. The van der Waals surface area contributed by atoms with E-state index in [0.29, 0.717) is 56.1 Å². The number of hydrogen-bond donors (Lipinski definition) is 3. The Morgan fingerprint density at radius 2 is 1.75 bits per heavy atom. The second-order valence-corrected chi connectivity index (χ2v) is 9.64. The van der Waals surface area contributed by atoms with Gasteiger partial charge in [0.2, 0.25) is 5.91 Å². The monoisotopic (exact) mass is 499 g/mol. The Morgan fingerprint density at radius 3 is 2.33 bits per heavy atom. The van der Waals surface area contributed by atoms with E-state index in [-0.39, 0.29) is 11.9 Å². The Bertz CT molecular complexity index is 994. The summed E-state index contributed by atoms with van der Waals surface area (Å²) in [5, 5.41) is 5.68. The van der Waals surface area contributed by atoms with Gasteiger partial charge in [0.15, 0.2) is 0 Å². The Labute approximate surface area is 212 Å². The molecule has 36 heavy (non-hydrogen) atoms. The molecule has 3 aliphatic heterocycles. The number of rotatable bonds is 8. The van der Waals surface area contributed by atoms with Gasteiger partial charge in [0.05, 0.1) is 25.3 Å². The molecule has 1 atom stereocenters. The molecule has 0 saturated carbocycles. The van der Waals surface area contributed by atoms with Crippen LogP contribution in [0, 0.1) is 0 Å². The molecule has 3 heterocycles. The first-order valence-electron chi connectivity index (χ1n) is 12.8. The summed E-state index contributed by atoms with van der Waals surface area (Å²) in [6, 6.07) is 6.27. The average Bonchev–Trinajstić information content (AvgIpc) is 2.89. The number of nitrogens with one attached hydrogen (secondary N) is 2. The molecule has 1 aromatic carbocycles. The second-order valence-electron chi connectivity index (χ2n) is 9.64. The van der Waals surface area contributed by atoms with Crippen LogP contribution < -0.4 is 21.1 Å². The fourth-order valence-electron chi connectivity index (χ4n) is 5.61. The van der Waals surface area contributed by atoms with E-state index in [9.17, 15) is 14.4 Å². The largest absolute Gasteiger partial charge is 0.494 e. The number of nitrogens with two attached hydrogens (primary N) is 1. The van der Waals surface area contributed by atoms with Gasteiger partial charge >= 0.3 is 12.0 Å². The Balaban J connectivity index is 1.55. The average molecular weight is 500 g/mol. The van der Waals surface area contributed by atoms with E-state index in [1.54, 1.807) is 0 Å². The van der Waals surface area contributed by atoms with Gasteiger partial charge in [-0.25, -0.2) is 9.59 Å². The molecule has 4 rings (SSSR count). The lowest BCUT2D eigenvalue weighted by Gasteiger charge is -2.48. The number of carbonyl (C=O) groups excluding carboxylic acids is 3. The van der Waals surface area contributed by atoms with E-state index < -0.39 is 17.6 Å². The van der Waals surface area contributed by atoms with E-state index in [1.165, 1.54) is 13.5 Å². The van der Waals surface area contributed by atoms with E-state index >= 15 is 0 Å².